The molecule has 2 unspecified atom stereocenters. The van der Waals surface area contributed by atoms with Crippen molar-refractivity contribution in [2.75, 3.05) is 0 Å². The summed E-state index contributed by atoms with van der Waals surface area (Å²) in [6, 6.07) is 0. The Bertz CT molecular complexity index is 268. The van der Waals surface area contributed by atoms with Crippen LogP contribution in [0.3, 0.4) is 0 Å². The first-order chi connectivity index (χ1) is 7.40. The molecular formula is C12H20O4. The van der Waals surface area contributed by atoms with Gasteiger partial charge in [-0.25, -0.2) is 0 Å². The molecule has 4 heteroatoms. The van der Waals surface area contributed by atoms with Crippen molar-refractivity contribution in [3.05, 3.63) is 12.2 Å². The molecule has 0 aromatic heterocycles. The zero-order valence-electron chi connectivity index (χ0n) is 10.3. The predicted octanol–water partition coefficient (Wildman–Crippen LogP) is 2.24. The fraction of sp³-hybridized carbons (Fsp3) is 0.667. The van der Waals surface area contributed by atoms with E-state index in [0.717, 1.165) is 0 Å². The molecule has 1 N–H and O–H groups in total. The summed E-state index contributed by atoms with van der Waals surface area (Å²) in [6.07, 6.45) is 3.76. The molecule has 0 rings (SSSR count). The summed E-state index contributed by atoms with van der Waals surface area (Å²) in [4.78, 5) is 22.5. The molecule has 0 amide bonds. The molecule has 0 spiro atoms. The van der Waals surface area contributed by atoms with E-state index in [1.165, 1.54) is 6.92 Å². The maximum Gasteiger partial charge on any atom is 0.310 e. The molecule has 0 bridgehead atoms. The topological polar surface area (TPSA) is 63.6 Å². The minimum absolute atomic E-state index is 0.221. The first kappa shape index (κ1) is 14.7. The number of carboxylic acid groups (broad SMARTS) is 1. The van der Waals surface area contributed by atoms with Gasteiger partial charge in [0.15, 0.2) is 0 Å². The summed E-state index contributed by atoms with van der Waals surface area (Å²) < 4.78 is 5.04. The van der Waals surface area contributed by atoms with Gasteiger partial charge in [0, 0.05) is 0 Å². The quantitative estimate of drug-likeness (QED) is 0.559. The lowest BCUT2D eigenvalue weighted by atomic mass is 9.91. The number of aliphatic carboxylic acids is 1. The van der Waals surface area contributed by atoms with Gasteiger partial charge in [-0.2, -0.15) is 0 Å². The van der Waals surface area contributed by atoms with E-state index in [-0.39, 0.29) is 6.10 Å². The van der Waals surface area contributed by atoms with E-state index in [2.05, 4.69) is 0 Å². The van der Waals surface area contributed by atoms with Crippen molar-refractivity contribution in [1.82, 2.24) is 0 Å². The number of carbonyl (C=O) groups excluding carboxylic acids is 1. The van der Waals surface area contributed by atoms with E-state index in [4.69, 9.17) is 9.84 Å². The Morgan fingerprint density at radius 2 is 1.88 bits per heavy atom. The normalized spacial score (nSPS) is 15.1. The van der Waals surface area contributed by atoms with Crippen LogP contribution in [-0.2, 0) is 14.3 Å². The summed E-state index contributed by atoms with van der Waals surface area (Å²) >= 11 is 0. The third kappa shape index (κ3) is 4.96. The third-order valence-corrected chi connectivity index (χ3v) is 2.27. The van der Waals surface area contributed by atoms with Crippen LogP contribution in [0, 0.1) is 11.8 Å². The number of rotatable bonds is 6. The van der Waals surface area contributed by atoms with Crippen LogP contribution >= 0.6 is 0 Å². The Hall–Kier alpha value is -1.32. The number of ether oxygens (including phenoxy) is 1. The fourth-order valence-electron chi connectivity index (χ4n) is 1.28. The van der Waals surface area contributed by atoms with Crippen LogP contribution in [-0.4, -0.2) is 23.1 Å². The lowest BCUT2D eigenvalue weighted by molar-refractivity contribution is -0.159. The lowest BCUT2D eigenvalue weighted by Crippen LogP contribution is -2.30. The van der Waals surface area contributed by atoms with Gasteiger partial charge in [-0.15, -0.1) is 0 Å². The molecule has 0 aromatic carbocycles. The highest BCUT2D eigenvalue weighted by molar-refractivity contribution is 5.81. The van der Waals surface area contributed by atoms with Crippen molar-refractivity contribution in [2.45, 2.75) is 40.2 Å². The van der Waals surface area contributed by atoms with Crippen LogP contribution in [0.25, 0.3) is 0 Å². The van der Waals surface area contributed by atoms with Gasteiger partial charge in [-0.05, 0) is 27.2 Å². The van der Waals surface area contributed by atoms with Crippen molar-refractivity contribution in [2.24, 2.45) is 11.8 Å². The van der Waals surface area contributed by atoms with Crippen LogP contribution in [0.4, 0.5) is 0 Å². The summed E-state index contributed by atoms with van der Waals surface area (Å²) in [5.74, 6) is -2.77. The number of allylic oxidation sites excluding steroid dienone is 2. The van der Waals surface area contributed by atoms with E-state index < -0.39 is 23.8 Å². The highest BCUT2D eigenvalue weighted by Crippen LogP contribution is 2.19. The van der Waals surface area contributed by atoms with E-state index in [0.29, 0.717) is 6.42 Å². The van der Waals surface area contributed by atoms with Crippen molar-refractivity contribution in [3.63, 3.8) is 0 Å². The zero-order chi connectivity index (χ0) is 12.7. The largest absolute Gasteiger partial charge is 0.481 e. The minimum Gasteiger partial charge on any atom is -0.481 e. The maximum atomic E-state index is 11.7. The van der Waals surface area contributed by atoms with Crippen LogP contribution in [0.2, 0.25) is 0 Å². The monoisotopic (exact) mass is 228 g/mol. The highest BCUT2D eigenvalue weighted by atomic mass is 16.5. The number of hydrogen-bond donors (Lipinski definition) is 1. The molecule has 0 radical (unpaired) electrons. The number of carboxylic acids is 1. The second-order valence-electron chi connectivity index (χ2n) is 4.02. The molecule has 92 valence electrons. The molecule has 0 saturated heterocycles. The van der Waals surface area contributed by atoms with Gasteiger partial charge in [0.05, 0.1) is 17.9 Å². The van der Waals surface area contributed by atoms with Crippen LogP contribution in [0.1, 0.15) is 34.1 Å². The molecule has 0 aliphatic heterocycles. The van der Waals surface area contributed by atoms with Gasteiger partial charge in [0.1, 0.15) is 0 Å². The molecule has 0 fully saturated rings. The minimum atomic E-state index is -0.977. The SMILES string of the molecule is CC=CCC(C(=O)OC(C)C)C(C)C(=O)O. The Labute approximate surface area is 96.3 Å². The number of esters is 1. The first-order valence-corrected chi connectivity index (χ1v) is 5.44. The molecule has 2 atom stereocenters. The van der Waals surface area contributed by atoms with E-state index in [1.807, 2.05) is 6.92 Å². The highest BCUT2D eigenvalue weighted by Gasteiger charge is 2.30. The smallest absolute Gasteiger partial charge is 0.310 e. The summed E-state index contributed by atoms with van der Waals surface area (Å²) in [5.41, 5.74) is 0. The van der Waals surface area contributed by atoms with Gasteiger partial charge in [0.25, 0.3) is 0 Å². The average molecular weight is 228 g/mol. The predicted molar refractivity (Wildman–Crippen MR) is 60.9 cm³/mol. The molecule has 0 saturated carbocycles. The van der Waals surface area contributed by atoms with Gasteiger partial charge in [-0.3, -0.25) is 9.59 Å². The summed E-state index contributed by atoms with van der Waals surface area (Å²) in [6.45, 7) is 6.85. The number of carbonyl (C=O) groups is 2. The molecule has 4 nitrogen and oxygen atoms in total. The van der Waals surface area contributed by atoms with E-state index in [1.54, 1.807) is 26.0 Å². The van der Waals surface area contributed by atoms with Gasteiger partial charge in [0.2, 0.25) is 0 Å². The zero-order valence-corrected chi connectivity index (χ0v) is 10.3. The standard InChI is InChI=1S/C12H20O4/c1-5-6-7-10(9(4)11(13)14)12(15)16-8(2)3/h5-6,8-10H,7H2,1-4H3,(H,13,14). The van der Waals surface area contributed by atoms with Crippen molar-refractivity contribution < 1.29 is 19.4 Å². The summed E-state index contributed by atoms with van der Waals surface area (Å²) in [5, 5.41) is 8.90. The van der Waals surface area contributed by atoms with E-state index in [9.17, 15) is 9.59 Å². The summed E-state index contributed by atoms with van der Waals surface area (Å²) in [7, 11) is 0. The molecule has 0 aromatic rings. The van der Waals surface area contributed by atoms with Crippen LogP contribution < -0.4 is 0 Å². The Balaban J connectivity index is 4.65. The molecule has 16 heavy (non-hydrogen) atoms. The molecule has 0 aliphatic carbocycles. The van der Waals surface area contributed by atoms with Gasteiger partial charge >= 0.3 is 11.9 Å². The average Bonchev–Trinajstić information content (AvgIpc) is 2.16. The molecule has 0 aliphatic rings. The lowest BCUT2D eigenvalue weighted by Gasteiger charge is -2.19. The Morgan fingerprint density at radius 1 is 1.31 bits per heavy atom. The van der Waals surface area contributed by atoms with Crippen molar-refractivity contribution >= 4 is 11.9 Å². The van der Waals surface area contributed by atoms with Crippen molar-refractivity contribution in [1.29, 1.82) is 0 Å². The Morgan fingerprint density at radius 3 is 2.25 bits per heavy atom. The fourth-order valence-corrected chi connectivity index (χ4v) is 1.28. The second kappa shape index (κ2) is 7.04. The van der Waals surface area contributed by atoms with Crippen molar-refractivity contribution in [3.8, 4) is 0 Å². The van der Waals surface area contributed by atoms with Crippen LogP contribution in [0.15, 0.2) is 12.2 Å². The molecule has 0 heterocycles. The number of hydrogen-bond acceptors (Lipinski definition) is 3. The van der Waals surface area contributed by atoms with Gasteiger partial charge in [-0.1, -0.05) is 19.1 Å². The molecular weight excluding hydrogens is 208 g/mol. The van der Waals surface area contributed by atoms with E-state index >= 15 is 0 Å². The second-order valence-corrected chi connectivity index (χ2v) is 4.02. The Kier molecular flexibility index (Phi) is 6.46. The third-order valence-electron chi connectivity index (χ3n) is 2.27. The maximum absolute atomic E-state index is 11.7. The van der Waals surface area contributed by atoms with Gasteiger partial charge < -0.3 is 9.84 Å². The van der Waals surface area contributed by atoms with Crippen LogP contribution in [0.5, 0.6) is 0 Å². The first-order valence-electron chi connectivity index (χ1n) is 5.44.